The fourth-order valence-corrected chi connectivity index (χ4v) is 4.13. The average Bonchev–Trinajstić information content (AvgIpc) is 2.80. The van der Waals surface area contributed by atoms with Crippen LogP contribution in [-0.4, -0.2) is 54.1 Å². The first-order valence-corrected chi connectivity index (χ1v) is 11.1. The minimum absolute atomic E-state index is 0.566. The number of benzene rings is 2. The molecule has 0 radical (unpaired) electrons. The number of nitrogens with two attached hydrogens (primary N) is 1. The summed E-state index contributed by atoms with van der Waals surface area (Å²) in [4.78, 5) is 9.62. The van der Waals surface area contributed by atoms with Crippen molar-refractivity contribution >= 4 is 5.82 Å². The van der Waals surface area contributed by atoms with Crippen LogP contribution < -0.4 is 5.73 Å². The lowest BCUT2D eigenvalue weighted by Gasteiger charge is -2.34. The van der Waals surface area contributed by atoms with Gasteiger partial charge in [-0.15, -0.1) is 0 Å². The number of nitrogens with zero attached hydrogens (tertiary/aromatic N) is 3. The molecule has 1 aliphatic rings. The molecule has 0 atom stereocenters. The molecule has 1 aromatic heterocycles. The predicted octanol–water partition coefficient (Wildman–Crippen LogP) is 4.12. The normalized spacial score (nSPS) is 15.3. The van der Waals surface area contributed by atoms with Gasteiger partial charge < -0.3 is 15.5 Å². The molecule has 0 bridgehead atoms. The molecule has 4 rings (SSSR count). The number of anilines is 1. The Hall–Kier alpha value is -2.69. The lowest BCUT2D eigenvalue weighted by Crippen LogP contribution is -2.47. The molecule has 3 aromatic rings. The van der Waals surface area contributed by atoms with Crippen LogP contribution in [0.1, 0.15) is 17.5 Å². The van der Waals surface area contributed by atoms with E-state index < -0.39 is 0 Å². The summed E-state index contributed by atoms with van der Waals surface area (Å²) in [5, 5.41) is 0. The van der Waals surface area contributed by atoms with E-state index in [0.29, 0.717) is 5.82 Å². The molecule has 1 fully saturated rings. The number of hydrogen-bond donors (Lipinski definition) is 1. The highest BCUT2D eigenvalue weighted by Crippen LogP contribution is 2.19. The second kappa shape index (κ2) is 10.4. The van der Waals surface area contributed by atoms with E-state index in [2.05, 4.69) is 69.4 Å². The molecule has 1 saturated heterocycles. The third-order valence-corrected chi connectivity index (χ3v) is 5.98. The zero-order chi connectivity index (χ0) is 20.6. The molecule has 4 heteroatoms. The Morgan fingerprint density at radius 2 is 1.33 bits per heavy atom. The highest BCUT2D eigenvalue weighted by atomic mass is 15.3. The Labute approximate surface area is 180 Å². The van der Waals surface area contributed by atoms with E-state index in [1.165, 1.54) is 56.8 Å². The van der Waals surface area contributed by atoms with Crippen LogP contribution in [0.15, 0.2) is 72.8 Å². The summed E-state index contributed by atoms with van der Waals surface area (Å²) in [6, 6.07) is 25.4. The first-order chi connectivity index (χ1) is 14.8. The van der Waals surface area contributed by atoms with E-state index in [4.69, 9.17) is 5.73 Å². The Morgan fingerprint density at radius 1 is 0.667 bits per heavy atom. The molecular weight excluding hydrogens is 368 g/mol. The molecular formula is C26H32N4. The average molecular weight is 401 g/mol. The molecule has 1 aliphatic heterocycles. The number of rotatable bonds is 8. The van der Waals surface area contributed by atoms with Crippen molar-refractivity contribution in [2.75, 3.05) is 45.0 Å². The van der Waals surface area contributed by atoms with Gasteiger partial charge in [0.05, 0.1) is 5.69 Å². The van der Waals surface area contributed by atoms with Crippen LogP contribution in [0, 0.1) is 0 Å². The molecule has 2 N–H and O–H groups in total. The number of nitrogen functional groups attached to an aromatic ring is 1. The van der Waals surface area contributed by atoms with Crippen molar-refractivity contribution in [2.24, 2.45) is 0 Å². The molecule has 2 heterocycles. The fourth-order valence-electron chi connectivity index (χ4n) is 4.13. The van der Waals surface area contributed by atoms with Gasteiger partial charge in [0.1, 0.15) is 5.82 Å². The van der Waals surface area contributed by atoms with Gasteiger partial charge in [0.2, 0.25) is 0 Å². The molecule has 0 amide bonds. The fraction of sp³-hybridized carbons (Fsp3) is 0.346. The summed E-state index contributed by atoms with van der Waals surface area (Å²) in [6.07, 6.45) is 3.49. The molecule has 0 unspecified atom stereocenters. The quantitative estimate of drug-likeness (QED) is 0.618. The highest BCUT2D eigenvalue weighted by Gasteiger charge is 2.16. The van der Waals surface area contributed by atoms with Crippen molar-refractivity contribution < 1.29 is 0 Å². The van der Waals surface area contributed by atoms with Gasteiger partial charge in [0, 0.05) is 38.3 Å². The van der Waals surface area contributed by atoms with Gasteiger partial charge in [-0.3, -0.25) is 0 Å². The van der Waals surface area contributed by atoms with Gasteiger partial charge in [-0.05, 0) is 49.1 Å². The van der Waals surface area contributed by atoms with E-state index in [1.54, 1.807) is 0 Å². The molecule has 0 saturated carbocycles. The predicted molar refractivity (Wildman–Crippen MR) is 125 cm³/mol. The van der Waals surface area contributed by atoms with Crippen LogP contribution in [-0.2, 0) is 12.8 Å². The van der Waals surface area contributed by atoms with Crippen LogP contribution in [0.2, 0.25) is 0 Å². The van der Waals surface area contributed by atoms with E-state index in [0.717, 1.165) is 24.1 Å². The van der Waals surface area contributed by atoms with Gasteiger partial charge in [0.15, 0.2) is 0 Å². The minimum atomic E-state index is 0.566. The lowest BCUT2D eigenvalue weighted by molar-refractivity contribution is 0.132. The zero-order valence-electron chi connectivity index (χ0n) is 17.7. The van der Waals surface area contributed by atoms with Crippen molar-refractivity contribution in [1.29, 1.82) is 0 Å². The van der Waals surface area contributed by atoms with Crippen LogP contribution in [0.4, 0.5) is 5.82 Å². The summed E-state index contributed by atoms with van der Waals surface area (Å²) < 4.78 is 0. The SMILES string of the molecule is Nc1cccc(-c2ccc(CCCN3CCN(CCc4ccccc4)CC3)cc2)n1. The Morgan fingerprint density at radius 3 is 2.03 bits per heavy atom. The van der Waals surface area contributed by atoms with Crippen LogP contribution >= 0.6 is 0 Å². The van der Waals surface area contributed by atoms with Crippen molar-refractivity contribution in [3.63, 3.8) is 0 Å². The Kier molecular flexibility index (Phi) is 7.11. The Balaban J connectivity index is 1.16. The third-order valence-electron chi connectivity index (χ3n) is 5.98. The second-order valence-corrected chi connectivity index (χ2v) is 8.17. The maximum atomic E-state index is 5.80. The summed E-state index contributed by atoms with van der Waals surface area (Å²) in [5.74, 6) is 0.566. The van der Waals surface area contributed by atoms with Crippen molar-refractivity contribution in [1.82, 2.24) is 14.8 Å². The summed E-state index contributed by atoms with van der Waals surface area (Å²) in [6.45, 7) is 7.12. The molecule has 0 spiro atoms. The molecule has 4 nitrogen and oxygen atoms in total. The summed E-state index contributed by atoms with van der Waals surface area (Å²) in [7, 11) is 0. The lowest BCUT2D eigenvalue weighted by atomic mass is 10.0. The maximum Gasteiger partial charge on any atom is 0.124 e. The van der Waals surface area contributed by atoms with Gasteiger partial charge >= 0.3 is 0 Å². The molecule has 2 aromatic carbocycles. The molecule has 30 heavy (non-hydrogen) atoms. The van der Waals surface area contributed by atoms with Crippen LogP contribution in [0.25, 0.3) is 11.3 Å². The first kappa shape index (κ1) is 20.6. The van der Waals surface area contributed by atoms with Crippen molar-refractivity contribution in [3.05, 3.63) is 83.9 Å². The number of aromatic nitrogens is 1. The van der Waals surface area contributed by atoms with Crippen LogP contribution in [0.3, 0.4) is 0 Å². The number of pyridine rings is 1. The van der Waals surface area contributed by atoms with E-state index in [9.17, 15) is 0 Å². The standard InChI is InChI=1S/C26H32N4/c27-26-10-4-9-25(28-26)24-13-11-23(12-14-24)8-5-16-29-18-20-30(21-19-29)17-15-22-6-2-1-3-7-22/h1-4,6-7,9-14H,5,8,15-21H2,(H2,27,28). The number of piperazine rings is 1. The molecule has 0 aliphatic carbocycles. The van der Waals surface area contributed by atoms with Gasteiger partial charge in [-0.25, -0.2) is 4.98 Å². The summed E-state index contributed by atoms with van der Waals surface area (Å²) >= 11 is 0. The smallest absolute Gasteiger partial charge is 0.124 e. The van der Waals surface area contributed by atoms with Gasteiger partial charge in [0.25, 0.3) is 0 Å². The molecule has 156 valence electrons. The maximum absolute atomic E-state index is 5.80. The third kappa shape index (κ3) is 5.91. The van der Waals surface area contributed by atoms with Crippen molar-refractivity contribution in [3.8, 4) is 11.3 Å². The number of aryl methyl sites for hydroxylation is 1. The second-order valence-electron chi connectivity index (χ2n) is 8.17. The van der Waals surface area contributed by atoms with E-state index in [-0.39, 0.29) is 0 Å². The topological polar surface area (TPSA) is 45.4 Å². The largest absolute Gasteiger partial charge is 0.384 e. The number of hydrogen-bond acceptors (Lipinski definition) is 4. The Bertz CT molecular complexity index is 900. The highest BCUT2D eigenvalue weighted by molar-refractivity contribution is 5.61. The van der Waals surface area contributed by atoms with Gasteiger partial charge in [-0.2, -0.15) is 0 Å². The summed E-state index contributed by atoms with van der Waals surface area (Å²) in [5.41, 5.74) is 10.7. The van der Waals surface area contributed by atoms with E-state index in [1.807, 2.05) is 18.2 Å². The first-order valence-electron chi connectivity index (χ1n) is 11.1. The van der Waals surface area contributed by atoms with Crippen molar-refractivity contribution in [2.45, 2.75) is 19.3 Å². The van der Waals surface area contributed by atoms with Crippen LogP contribution in [0.5, 0.6) is 0 Å². The van der Waals surface area contributed by atoms with E-state index >= 15 is 0 Å². The minimum Gasteiger partial charge on any atom is -0.384 e. The van der Waals surface area contributed by atoms with Gasteiger partial charge in [-0.1, -0.05) is 60.7 Å². The zero-order valence-corrected chi connectivity index (χ0v) is 17.7. The monoisotopic (exact) mass is 400 g/mol.